The zero-order valence-electron chi connectivity index (χ0n) is 8.08. The molecule has 0 bridgehead atoms. The molecular weight excluding hydrogens is 202 g/mol. The molecule has 1 rings (SSSR count). The molecule has 3 nitrogen and oxygen atoms in total. The normalized spacial score (nSPS) is 12.3. The van der Waals surface area contributed by atoms with Gasteiger partial charge in [0.1, 0.15) is 6.04 Å². The Balaban J connectivity index is 3.05. The van der Waals surface area contributed by atoms with Gasteiger partial charge in [-0.3, -0.25) is 4.79 Å². The number of hydrogen-bond acceptors (Lipinski definition) is 3. The summed E-state index contributed by atoms with van der Waals surface area (Å²) in [5, 5.41) is 0.480. The van der Waals surface area contributed by atoms with Crippen molar-refractivity contribution in [1.82, 2.24) is 0 Å². The fraction of sp³-hybridized carbons (Fsp3) is 0.300. The highest BCUT2D eigenvalue weighted by atomic mass is 35.5. The third-order valence-corrected chi connectivity index (χ3v) is 2.29. The van der Waals surface area contributed by atoms with Gasteiger partial charge in [-0.05, 0) is 18.6 Å². The van der Waals surface area contributed by atoms with Crippen molar-refractivity contribution in [2.24, 2.45) is 5.73 Å². The molecule has 0 saturated heterocycles. The molecule has 0 aliphatic rings. The van der Waals surface area contributed by atoms with Crippen molar-refractivity contribution < 1.29 is 9.53 Å². The average Bonchev–Trinajstić information content (AvgIpc) is 2.19. The number of benzene rings is 1. The van der Waals surface area contributed by atoms with Crippen molar-refractivity contribution in [3.63, 3.8) is 0 Å². The van der Waals surface area contributed by atoms with E-state index in [1.807, 2.05) is 13.0 Å². The van der Waals surface area contributed by atoms with Crippen molar-refractivity contribution in [2.75, 3.05) is 7.11 Å². The van der Waals surface area contributed by atoms with E-state index in [2.05, 4.69) is 4.74 Å². The minimum Gasteiger partial charge on any atom is -0.468 e. The van der Waals surface area contributed by atoms with E-state index in [0.29, 0.717) is 10.6 Å². The predicted octanol–water partition coefficient (Wildman–Crippen LogP) is 1.82. The van der Waals surface area contributed by atoms with Gasteiger partial charge in [-0.2, -0.15) is 0 Å². The molecule has 0 saturated carbocycles. The van der Waals surface area contributed by atoms with E-state index >= 15 is 0 Å². The van der Waals surface area contributed by atoms with Crippen LogP contribution in [-0.4, -0.2) is 13.1 Å². The maximum atomic E-state index is 11.2. The number of nitrogens with two attached hydrogens (primary N) is 1. The smallest absolute Gasteiger partial charge is 0.327 e. The lowest BCUT2D eigenvalue weighted by atomic mass is 10.1. The van der Waals surface area contributed by atoms with Gasteiger partial charge in [-0.1, -0.05) is 29.3 Å². The fourth-order valence-corrected chi connectivity index (χ4v) is 1.39. The maximum Gasteiger partial charge on any atom is 0.327 e. The molecule has 4 heteroatoms. The molecule has 2 N–H and O–H groups in total. The maximum absolute atomic E-state index is 11.2. The van der Waals surface area contributed by atoms with Gasteiger partial charge in [0, 0.05) is 5.02 Å². The Kier molecular flexibility index (Phi) is 3.49. The second-order valence-electron chi connectivity index (χ2n) is 3.03. The van der Waals surface area contributed by atoms with Gasteiger partial charge in [-0.15, -0.1) is 0 Å². The molecule has 0 fully saturated rings. The van der Waals surface area contributed by atoms with Crippen LogP contribution >= 0.6 is 11.6 Å². The Bertz CT molecular complexity index is 352. The van der Waals surface area contributed by atoms with E-state index in [0.717, 1.165) is 5.56 Å². The number of esters is 1. The lowest BCUT2D eigenvalue weighted by molar-refractivity contribution is -0.142. The average molecular weight is 214 g/mol. The molecular formula is C10H12ClNO2. The first-order chi connectivity index (χ1) is 6.56. The molecule has 0 spiro atoms. The van der Waals surface area contributed by atoms with Crippen LogP contribution in [0.1, 0.15) is 17.2 Å². The molecule has 0 aliphatic carbocycles. The second kappa shape index (κ2) is 4.44. The van der Waals surface area contributed by atoms with Crippen LogP contribution in [0, 0.1) is 6.92 Å². The van der Waals surface area contributed by atoms with Crippen molar-refractivity contribution >= 4 is 17.6 Å². The molecule has 0 aliphatic heterocycles. The van der Waals surface area contributed by atoms with Crippen LogP contribution in [0.4, 0.5) is 0 Å². The summed E-state index contributed by atoms with van der Waals surface area (Å²) in [5.41, 5.74) is 7.26. The summed E-state index contributed by atoms with van der Waals surface area (Å²) in [5.74, 6) is -0.488. The molecule has 1 aromatic carbocycles. The molecule has 0 aromatic heterocycles. The van der Waals surface area contributed by atoms with Gasteiger partial charge in [0.05, 0.1) is 7.11 Å². The van der Waals surface area contributed by atoms with Crippen LogP contribution in [0.2, 0.25) is 5.02 Å². The summed E-state index contributed by atoms with van der Waals surface area (Å²) < 4.78 is 4.54. The third-order valence-electron chi connectivity index (χ3n) is 1.94. The van der Waals surface area contributed by atoms with Gasteiger partial charge in [-0.25, -0.2) is 0 Å². The first kappa shape index (κ1) is 11.0. The van der Waals surface area contributed by atoms with Crippen LogP contribution < -0.4 is 5.73 Å². The standard InChI is InChI=1S/C10H12ClNO2/c1-6-3-4-8(11)7(5-6)9(12)10(13)14-2/h3-5,9H,12H2,1-2H3. The third kappa shape index (κ3) is 2.25. The number of methoxy groups -OCH3 is 1. The van der Waals surface area contributed by atoms with Gasteiger partial charge in [0.25, 0.3) is 0 Å². The highest BCUT2D eigenvalue weighted by Gasteiger charge is 2.18. The molecule has 0 heterocycles. The Hall–Kier alpha value is -1.06. The zero-order chi connectivity index (χ0) is 10.7. The van der Waals surface area contributed by atoms with E-state index in [4.69, 9.17) is 17.3 Å². The van der Waals surface area contributed by atoms with E-state index < -0.39 is 12.0 Å². The number of halogens is 1. The van der Waals surface area contributed by atoms with Crippen molar-refractivity contribution in [3.8, 4) is 0 Å². The van der Waals surface area contributed by atoms with Crippen molar-refractivity contribution in [1.29, 1.82) is 0 Å². The topological polar surface area (TPSA) is 52.3 Å². The lowest BCUT2D eigenvalue weighted by Gasteiger charge is -2.11. The number of carbonyl (C=O) groups excluding carboxylic acids is 1. The minimum absolute atomic E-state index is 0.480. The van der Waals surface area contributed by atoms with Crippen molar-refractivity contribution in [3.05, 3.63) is 34.3 Å². The first-order valence-electron chi connectivity index (χ1n) is 4.15. The summed E-state index contributed by atoms with van der Waals surface area (Å²) in [6.45, 7) is 1.91. The van der Waals surface area contributed by atoms with Crippen LogP contribution in [0.3, 0.4) is 0 Å². The Labute approximate surface area is 87.8 Å². The molecule has 1 atom stereocenters. The van der Waals surface area contributed by atoms with Gasteiger partial charge in [0.15, 0.2) is 0 Å². The molecule has 1 unspecified atom stereocenters. The van der Waals surface area contributed by atoms with Crippen LogP contribution in [0.15, 0.2) is 18.2 Å². The number of rotatable bonds is 2. The summed E-state index contributed by atoms with van der Waals surface area (Å²) in [6.07, 6.45) is 0. The van der Waals surface area contributed by atoms with E-state index in [1.165, 1.54) is 7.11 Å². The van der Waals surface area contributed by atoms with E-state index in [9.17, 15) is 4.79 Å². The van der Waals surface area contributed by atoms with Crippen LogP contribution in [0.25, 0.3) is 0 Å². The first-order valence-corrected chi connectivity index (χ1v) is 4.53. The molecule has 0 radical (unpaired) electrons. The number of hydrogen-bond donors (Lipinski definition) is 1. The molecule has 1 aromatic rings. The minimum atomic E-state index is -0.813. The fourth-order valence-electron chi connectivity index (χ4n) is 1.16. The van der Waals surface area contributed by atoms with Gasteiger partial charge < -0.3 is 10.5 Å². The zero-order valence-corrected chi connectivity index (χ0v) is 8.84. The summed E-state index contributed by atoms with van der Waals surface area (Å²) in [7, 11) is 1.30. The van der Waals surface area contributed by atoms with Crippen LogP contribution in [0.5, 0.6) is 0 Å². The van der Waals surface area contributed by atoms with Gasteiger partial charge >= 0.3 is 5.97 Å². The SMILES string of the molecule is COC(=O)C(N)c1cc(C)ccc1Cl. The van der Waals surface area contributed by atoms with Crippen LogP contribution in [-0.2, 0) is 9.53 Å². The van der Waals surface area contributed by atoms with E-state index in [1.54, 1.807) is 12.1 Å². The monoisotopic (exact) mass is 213 g/mol. The summed E-state index contributed by atoms with van der Waals surface area (Å²) >= 11 is 5.90. The lowest BCUT2D eigenvalue weighted by Crippen LogP contribution is -2.22. The highest BCUT2D eigenvalue weighted by Crippen LogP contribution is 2.23. The molecule has 14 heavy (non-hydrogen) atoms. The number of ether oxygens (including phenoxy) is 1. The number of aryl methyl sites for hydroxylation is 1. The largest absolute Gasteiger partial charge is 0.468 e. The quantitative estimate of drug-likeness (QED) is 0.763. The Morgan fingerprint density at radius 2 is 2.21 bits per heavy atom. The predicted molar refractivity (Wildman–Crippen MR) is 55.1 cm³/mol. The van der Waals surface area contributed by atoms with Crippen molar-refractivity contribution in [2.45, 2.75) is 13.0 Å². The van der Waals surface area contributed by atoms with E-state index in [-0.39, 0.29) is 0 Å². The molecule has 76 valence electrons. The second-order valence-corrected chi connectivity index (χ2v) is 3.43. The Morgan fingerprint density at radius 3 is 2.79 bits per heavy atom. The summed E-state index contributed by atoms with van der Waals surface area (Å²) in [6, 6.07) is 4.54. The number of carbonyl (C=O) groups is 1. The van der Waals surface area contributed by atoms with Gasteiger partial charge in [0.2, 0.25) is 0 Å². The summed E-state index contributed by atoms with van der Waals surface area (Å²) in [4.78, 5) is 11.2. The molecule has 0 amide bonds. The Morgan fingerprint density at radius 1 is 1.57 bits per heavy atom. The highest BCUT2D eigenvalue weighted by molar-refractivity contribution is 6.31.